The molecule has 1 atom stereocenters. The summed E-state index contributed by atoms with van der Waals surface area (Å²) < 4.78 is 0. The van der Waals surface area contributed by atoms with Crippen LogP contribution in [0.2, 0.25) is 0 Å². The third-order valence-electron chi connectivity index (χ3n) is 1.29. The van der Waals surface area contributed by atoms with Crippen molar-refractivity contribution < 1.29 is 0 Å². The fourth-order valence-corrected chi connectivity index (χ4v) is 0.939. The van der Waals surface area contributed by atoms with Gasteiger partial charge < -0.3 is 4.90 Å². The normalized spacial score (nSPS) is 25.9. The summed E-state index contributed by atoms with van der Waals surface area (Å²) in [6.07, 6.45) is 1.72. The molecule has 1 unspecified atom stereocenters. The highest BCUT2D eigenvalue weighted by atomic mass is 35.5. The smallest absolute Gasteiger partial charge is 0.195 e. The van der Waals surface area contributed by atoms with Gasteiger partial charge in [0.25, 0.3) is 0 Å². The lowest BCUT2D eigenvalue weighted by molar-refractivity contribution is 0.227. The Morgan fingerprint density at radius 1 is 1.78 bits per heavy atom. The quantitative estimate of drug-likeness (QED) is 0.402. The molecule has 0 aromatic rings. The second kappa shape index (κ2) is 2.43. The molecule has 0 amide bonds. The molecule has 1 aliphatic heterocycles. The lowest BCUT2D eigenvalue weighted by atomic mass is 10.7. The second-order valence-electron chi connectivity index (χ2n) is 1.96. The van der Waals surface area contributed by atoms with E-state index in [2.05, 4.69) is 5.10 Å². The molecule has 0 bridgehead atoms. The first-order valence-corrected chi connectivity index (χ1v) is 3.36. The van der Waals surface area contributed by atoms with Crippen LogP contribution in [0.15, 0.2) is 5.10 Å². The Labute approximate surface area is 59.9 Å². The Balaban J connectivity index is 2.51. The maximum atomic E-state index is 5.86. The summed E-state index contributed by atoms with van der Waals surface area (Å²) in [7, 11) is 1.90. The molecule has 0 fully saturated rings. The molecule has 0 aromatic carbocycles. The summed E-state index contributed by atoms with van der Waals surface area (Å²) in [6.45, 7) is 2.88. The van der Waals surface area contributed by atoms with E-state index >= 15 is 0 Å². The molecule has 0 radical (unpaired) electrons. The minimum atomic E-state index is -0.0880. The molecule has 52 valence electrons. The molecule has 1 aliphatic rings. The molecule has 9 heavy (non-hydrogen) atoms. The molecule has 3 nitrogen and oxygen atoms in total. The minimum absolute atomic E-state index is 0.0880. The molecule has 0 saturated carbocycles. The zero-order chi connectivity index (χ0) is 6.85. The van der Waals surface area contributed by atoms with E-state index in [9.17, 15) is 0 Å². The van der Waals surface area contributed by atoms with E-state index in [4.69, 9.17) is 11.6 Å². The van der Waals surface area contributed by atoms with Crippen LogP contribution in [-0.2, 0) is 0 Å². The van der Waals surface area contributed by atoms with Crippen LogP contribution >= 0.6 is 11.6 Å². The van der Waals surface area contributed by atoms with Gasteiger partial charge in [-0.2, -0.15) is 5.10 Å². The SMILES string of the molecule is CCN1N=CN(C)C1Cl. The summed E-state index contributed by atoms with van der Waals surface area (Å²) in [5.74, 6) is 0. The maximum Gasteiger partial charge on any atom is 0.195 e. The zero-order valence-electron chi connectivity index (χ0n) is 5.58. The monoisotopic (exact) mass is 147 g/mol. The van der Waals surface area contributed by atoms with Crippen molar-refractivity contribution in [2.24, 2.45) is 5.10 Å². The Morgan fingerprint density at radius 3 is 2.67 bits per heavy atom. The molecular weight excluding hydrogens is 138 g/mol. The summed E-state index contributed by atoms with van der Waals surface area (Å²) >= 11 is 5.86. The molecule has 1 rings (SSSR count). The number of hydrogen-bond donors (Lipinski definition) is 0. The van der Waals surface area contributed by atoms with Gasteiger partial charge in [0.2, 0.25) is 0 Å². The zero-order valence-corrected chi connectivity index (χ0v) is 6.34. The Kier molecular flexibility index (Phi) is 1.81. The van der Waals surface area contributed by atoms with Crippen LogP contribution in [0.4, 0.5) is 0 Å². The molecule has 4 heteroatoms. The largest absolute Gasteiger partial charge is 0.330 e. The van der Waals surface area contributed by atoms with Crippen molar-refractivity contribution >= 4 is 17.9 Å². The van der Waals surface area contributed by atoms with Gasteiger partial charge in [-0.05, 0) is 6.92 Å². The van der Waals surface area contributed by atoms with Gasteiger partial charge in [0.15, 0.2) is 5.62 Å². The average Bonchev–Trinajstić information content (AvgIpc) is 2.15. The highest BCUT2D eigenvalue weighted by molar-refractivity contribution is 6.20. The van der Waals surface area contributed by atoms with E-state index in [-0.39, 0.29) is 5.62 Å². The van der Waals surface area contributed by atoms with Gasteiger partial charge in [0, 0.05) is 13.6 Å². The number of hydrogen-bond acceptors (Lipinski definition) is 3. The van der Waals surface area contributed by atoms with Crippen LogP contribution in [-0.4, -0.2) is 35.5 Å². The molecule has 0 aliphatic carbocycles. The van der Waals surface area contributed by atoms with E-state index in [0.717, 1.165) is 6.54 Å². The first-order valence-electron chi connectivity index (χ1n) is 2.92. The first-order chi connectivity index (χ1) is 4.25. The van der Waals surface area contributed by atoms with E-state index in [1.807, 2.05) is 23.9 Å². The van der Waals surface area contributed by atoms with Crippen LogP contribution in [0.5, 0.6) is 0 Å². The van der Waals surface area contributed by atoms with Crippen LogP contribution in [0.1, 0.15) is 6.92 Å². The van der Waals surface area contributed by atoms with Gasteiger partial charge in [0.05, 0.1) is 0 Å². The second-order valence-corrected chi connectivity index (χ2v) is 2.35. The average molecular weight is 148 g/mol. The summed E-state index contributed by atoms with van der Waals surface area (Å²) in [4.78, 5) is 1.85. The molecule has 0 N–H and O–H groups in total. The van der Waals surface area contributed by atoms with E-state index in [1.165, 1.54) is 0 Å². The van der Waals surface area contributed by atoms with E-state index in [0.29, 0.717) is 0 Å². The number of halogens is 1. The summed E-state index contributed by atoms with van der Waals surface area (Å²) in [6, 6.07) is 0. The van der Waals surface area contributed by atoms with Crippen molar-refractivity contribution in [2.75, 3.05) is 13.6 Å². The molecule has 0 saturated heterocycles. The Hall–Kier alpha value is -0.440. The predicted molar refractivity (Wildman–Crippen MR) is 38.3 cm³/mol. The highest BCUT2D eigenvalue weighted by Gasteiger charge is 2.19. The highest BCUT2D eigenvalue weighted by Crippen LogP contribution is 2.12. The van der Waals surface area contributed by atoms with Crippen LogP contribution in [0.25, 0.3) is 0 Å². The summed E-state index contributed by atoms with van der Waals surface area (Å²) in [5.41, 5.74) is -0.0880. The van der Waals surface area contributed by atoms with Gasteiger partial charge in [-0.3, -0.25) is 5.01 Å². The van der Waals surface area contributed by atoms with Crippen LogP contribution in [0, 0.1) is 0 Å². The van der Waals surface area contributed by atoms with Gasteiger partial charge in [-0.15, -0.1) is 0 Å². The lowest BCUT2D eigenvalue weighted by Gasteiger charge is -2.20. The van der Waals surface area contributed by atoms with Gasteiger partial charge in [-0.25, -0.2) is 0 Å². The van der Waals surface area contributed by atoms with Crippen molar-refractivity contribution in [2.45, 2.75) is 12.5 Å². The van der Waals surface area contributed by atoms with Gasteiger partial charge in [0.1, 0.15) is 6.34 Å². The number of alkyl halides is 1. The fourth-order valence-electron chi connectivity index (χ4n) is 0.700. The van der Waals surface area contributed by atoms with Gasteiger partial charge >= 0.3 is 0 Å². The maximum absolute atomic E-state index is 5.86. The van der Waals surface area contributed by atoms with Crippen molar-refractivity contribution in [3.05, 3.63) is 0 Å². The lowest BCUT2D eigenvalue weighted by Crippen LogP contribution is -2.31. The third-order valence-corrected chi connectivity index (χ3v) is 1.82. The van der Waals surface area contributed by atoms with Crippen LogP contribution in [0.3, 0.4) is 0 Å². The van der Waals surface area contributed by atoms with E-state index in [1.54, 1.807) is 6.34 Å². The number of rotatable bonds is 1. The number of nitrogens with zero attached hydrogens (tertiary/aromatic N) is 3. The van der Waals surface area contributed by atoms with Crippen molar-refractivity contribution in [3.8, 4) is 0 Å². The Bertz CT molecular complexity index is 125. The topological polar surface area (TPSA) is 18.8 Å². The van der Waals surface area contributed by atoms with Crippen LogP contribution < -0.4 is 0 Å². The standard InChI is InChI=1S/C5H10ClN3/c1-3-9-5(6)8(2)4-7-9/h4-5H,3H2,1-2H3. The Morgan fingerprint density at radius 2 is 2.44 bits per heavy atom. The predicted octanol–water partition coefficient (Wildman–Crippen LogP) is 0.719. The molecule has 0 aromatic heterocycles. The fraction of sp³-hybridized carbons (Fsp3) is 0.800. The van der Waals surface area contributed by atoms with E-state index < -0.39 is 0 Å². The van der Waals surface area contributed by atoms with Crippen molar-refractivity contribution in [1.82, 2.24) is 9.91 Å². The minimum Gasteiger partial charge on any atom is -0.330 e. The van der Waals surface area contributed by atoms with Crippen molar-refractivity contribution in [3.63, 3.8) is 0 Å². The number of hydrazone groups is 1. The summed E-state index contributed by atoms with van der Waals surface area (Å²) in [5, 5.41) is 5.83. The van der Waals surface area contributed by atoms with Gasteiger partial charge in [-0.1, -0.05) is 11.6 Å². The first kappa shape index (κ1) is 6.68. The van der Waals surface area contributed by atoms with Crippen molar-refractivity contribution in [1.29, 1.82) is 0 Å². The third kappa shape index (κ3) is 1.10. The molecule has 1 heterocycles. The molecular formula is C5H10ClN3. The molecule has 0 spiro atoms.